The second kappa shape index (κ2) is 4.21. The molecule has 3 saturated carbocycles. The summed E-state index contributed by atoms with van der Waals surface area (Å²) in [5.74, 6) is 4.91. The molecule has 1 amide bonds. The number of amides is 1. The summed E-state index contributed by atoms with van der Waals surface area (Å²) in [7, 11) is 0. The molecule has 6 unspecified atom stereocenters. The number of likely N-dealkylation sites (tertiary alicyclic amines) is 1. The van der Waals surface area contributed by atoms with Gasteiger partial charge in [-0.15, -0.1) is 0 Å². The Kier molecular flexibility index (Phi) is 2.70. The van der Waals surface area contributed by atoms with Gasteiger partial charge in [-0.2, -0.15) is 0 Å². The van der Waals surface area contributed by atoms with E-state index in [4.69, 9.17) is 5.73 Å². The van der Waals surface area contributed by atoms with Crippen molar-refractivity contribution in [1.82, 2.24) is 4.90 Å². The minimum atomic E-state index is 0.315. The molecular formula is C16H26N2O. The highest BCUT2D eigenvalue weighted by Gasteiger charge is 2.68. The number of carbonyl (C=O) groups excluding carboxylic acids is 1. The highest BCUT2D eigenvalue weighted by Crippen LogP contribution is 2.69. The second-order valence-electron chi connectivity index (χ2n) is 7.56. The van der Waals surface area contributed by atoms with Gasteiger partial charge < -0.3 is 10.6 Å². The summed E-state index contributed by atoms with van der Waals surface area (Å²) < 4.78 is 0. The number of hydrogen-bond donors (Lipinski definition) is 1. The Labute approximate surface area is 115 Å². The zero-order chi connectivity index (χ0) is 13.1. The van der Waals surface area contributed by atoms with Gasteiger partial charge in [-0.25, -0.2) is 0 Å². The molecule has 2 bridgehead atoms. The third-order valence-corrected chi connectivity index (χ3v) is 6.55. The number of nitrogens with zero attached hydrogens (tertiary/aromatic N) is 1. The van der Waals surface area contributed by atoms with Crippen LogP contribution < -0.4 is 5.73 Å². The van der Waals surface area contributed by atoms with Gasteiger partial charge >= 0.3 is 0 Å². The Morgan fingerprint density at radius 2 is 1.84 bits per heavy atom. The van der Waals surface area contributed by atoms with Crippen molar-refractivity contribution in [2.45, 2.75) is 45.1 Å². The first-order chi connectivity index (χ1) is 9.20. The molecule has 0 aromatic carbocycles. The maximum absolute atomic E-state index is 12.8. The van der Waals surface area contributed by atoms with Crippen molar-refractivity contribution in [1.29, 1.82) is 0 Å². The van der Waals surface area contributed by atoms with E-state index in [2.05, 4.69) is 11.8 Å². The van der Waals surface area contributed by atoms with E-state index in [-0.39, 0.29) is 0 Å². The molecule has 106 valence electrons. The molecule has 19 heavy (non-hydrogen) atoms. The maximum Gasteiger partial charge on any atom is 0.226 e. The fraction of sp³-hybridized carbons (Fsp3) is 0.938. The molecule has 2 N–H and O–H groups in total. The number of fused-ring (bicyclic) bond motifs is 5. The molecule has 0 aromatic rings. The second-order valence-corrected chi connectivity index (χ2v) is 7.56. The zero-order valence-electron chi connectivity index (χ0n) is 11.9. The third kappa shape index (κ3) is 1.70. The van der Waals surface area contributed by atoms with Crippen LogP contribution in [-0.2, 0) is 4.79 Å². The van der Waals surface area contributed by atoms with E-state index in [1.165, 1.54) is 19.3 Å². The minimum absolute atomic E-state index is 0.315. The van der Waals surface area contributed by atoms with Crippen LogP contribution in [0.5, 0.6) is 0 Å². The molecule has 4 aliphatic rings. The maximum atomic E-state index is 12.8. The lowest BCUT2D eigenvalue weighted by molar-refractivity contribution is -0.137. The number of rotatable bonds is 2. The molecule has 0 spiro atoms. The van der Waals surface area contributed by atoms with E-state index in [1.54, 1.807) is 0 Å². The average Bonchev–Trinajstić information content (AvgIpc) is 2.85. The lowest BCUT2D eigenvalue weighted by Gasteiger charge is -2.38. The summed E-state index contributed by atoms with van der Waals surface area (Å²) in [6.45, 7) is 3.88. The van der Waals surface area contributed by atoms with Gasteiger partial charge in [0, 0.05) is 25.0 Å². The first kappa shape index (κ1) is 12.2. The number of piperidine rings is 1. The van der Waals surface area contributed by atoms with Crippen molar-refractivity contribution in [3.63, 3.8) is 0 Å². The van der Waals surface area contributed by atoms with Crippen LogP contribution in [0.2, 0.25) is 0 Å². The van der Waals surface area contributed by atoms with Gasteiger partial charge in [0.1, 0.15) is 0 Å². The van der Waals surface area contributed by atoms with Crippen LogP contribution in [-0.4, -0.2) is 29.9 Å². The SMILES string of the molecule is CC1CCN(C(=O)C2C3C4CCC(C4)C23)C(CN)C1. The predicted octanol–water partition coefficient (Wildman–Crippen LogP) is 1.86. The zero-order valence-corrected chi connectivity index (χ0v) is 11.9. The molecular weight excluding hydrogens is 236 g/mol. The van der Waals surface area contributed by atoms with Gasteiger partial charge in [0.25, 0.3) is 0 Å². The largest absolute Gasteiger partial charge is 0.338 e. The Balaban J connectivity index is 1.46. The van der Waals surface area contributed by atoms with Crippen LogP contribution in [0.25, 0.3) is 0 Å². The van der Waals surface area contributed by atoms with Crippen molar-refractivity contribution >= 4 is 5.91 Å². The van der Waals surface area contributed by atoms with Crippen molar-refractivity contribution in [2.24, 2.45) is 41.2 Å². The molecule has 3 nitrogen and oxygen atoms in total. The van der Waals surface area contributed by atoms with Crippen LogP contribution >= 0.6 is 0 Å². The van der Waals surface area contributed by atoms with Crippen LogP contribution in [0.15, 0.2) is 0 Å². The Bertz CT molecular complexity index is 380. The van der Waals surface area contributed by atoms with E-state index in [1.807, 2.05) is 0 Å². The van der Waals surface area contributed by atoms with Crippen LogP contribution in [0, 0.1) is 35.5 Å². The minimum Gasteiger partial charge on any atom is -0.338 e. The van der Waals surface area contributed by atoms with E-state index in [9.17, 15) is 4.79 Å². The topological polar surface area (TPSA) is 46.3 Å². The Hall–Kier alpha value is -0.570. The van der Waals surface area contributed by atoms with Gasteiger partial charge in [-0.1, -0.05) is 6.92 Å². The van der Waals surface area contributed by atoms with Gasteiger partial charge in [0.15, 0.2) is 0 Å². The molecule has 4 fully saturated rings. The summed E-state index contributed by atoms with van der Waals surface area (Å²) in [4.78, 5) is 15.0. The van der Waals surface area contributed by atoms with Gasteiger partial charge in [0.05, 0.1) is 0 Å². The Morgan fingerprint density at radius 1 is 1.16 bits per heavy atom. The number of nitrogens with two attached hydrogens (primary N) is 1. The summed E-state index contributed by atoms with van der Waals surface area (Å²) in [5, 5.41) is 0. The van der Waals surface area contributed by atoms with Gasteiger partial charge in [-0.05, 0) is 61.7 Å². The monoisotopic (exact) mass is 262 g/mol. The highest BCUT2D eigenvalue weighted by molar-refractivity contribution is 5.83. The van der Waals surface area contributed by atoms with Crippen LogP contribution in [0.3, 0.4) is 0 Å². The van der Waals surface area contributed by atoms with E-state index in [0.717, 1.165) is 49.0 Å². The van der Waals surface area contributed by atoms with Crippen LogP contribution in [0.4, 0.5) is 0 Å². The highest BCUT2D eigenvalue weighted by atomic mass is 16.2. The lowest BCUT2D eigenvalue weighted by atomic mass is 9.91. The van der Waals surface area contributed by atoms with Crippen LogP contribution in [0.1, 0.15) is 39.0 Å². The molecule has 4 rings (SSSR count). The van der Waals surface area contributed by atoms with E-state index in [0.29, 0.717) is 24.4 Å². The molecule has 0 aromatic heterocycles. The molecule has 3 heteroatoms. The predicted molar refractivity (Wildman–Crippen MR) is 74.3 cm³/mol. The number of hydrogen-bond acceptors (Lipinski definition) is 2. The van der Waals surface area contributed by atoms with E-state index >= 15 is 0 Å². The van der Waals surface area contributed by atoms with E-state index < -0.39 is 0 Å². The molecule has 6 atom stereocenters. The standard InChI is InChI=1S/C16H26N2O/c1-9-4-5-18(12(6-9)8-17)16(19)15-13-10-2-3-11(7-10)14(13)15/h9-15H,2-8,17H2,1H3. The van der Waals surface area contributed by atoms with Gasteiger partial charge in [-0.3, -0.25) is 4.79 Å². The van der Waals surface area contributed by atoms with Crippen molar-refractivity contribution < 1.29 is 4.79 Å². The lowest BCUT2D eigenvalue weighted by Crippen LogP contribution is -2.50. The van der Waals surface area contributed by atoms with Crippen molar-refractivity contribution in [2.75, 3.05) is 13.1 Å². The Morgan fingerprint density at radius 3 is 2.47 bits per heavy atom. The van der Waals surface area contributed by atoms with Crippen molar-refractivity contribution in [3.05, 3.63) is 0 Å². The summed E-state index contributed by atoms with van der Waals surface area (Å²) >= 11 is 0. The quantitative estimate of drug-likeness (QED) is 0.825. The molecule has 1 saturated heterocycles. The normalized spacial score (nSPS) is 51.3. The molecule has 1 aliphatic heterocycles. The molecule has 0 radical (unpaired) electrons. The summed E-state index contributed by atoms with van der Waals surface area (Å²) in [6, 6.07) is 0.315. The molecule has 3 aliphatic carbocycles. The van der Waals surface area contributed by atoms with Gasteiger partial charge in [0.2, 0.25) is 5.91 Å². The first-order valence-corrected chi connectivity index (χ1v) is 8.21. The average molecular weight is 262 g/mol. The fourth-order valence-electron chi connectivity index (χ4n) is 5.61. The first-order valence-electron chi connectivity index (χ1n) is 8.21. The fourth-order valence-corrected chi connectivity index (χ4v) is 5.61. The summed E-state index contributed by atoms with van der Waals surface area (Å²) in [5.41, 5.74) is 5.90. The van der Waals surface area contributed by atoms with Crippen molar-refractivity contribution in [3.8, 4) is 0 Å². The summed E-state index contributed by atoms with van der Waals surface area (Å²) in [6.07, 6.45) is 6.49. The third-order valence-electron chi connectivity index (χ3n) is 6.55. The number of carbonyl (C=O) groups is 1. The molecule has 1 heterocycles. The smallest absolute Gasteiger partial charge is 0.226 e.